The first-order valence-corrected chi connectivity index (χ1v) is 8.64. The number of rotatable bonds is 4. The van der Waals surface area contributed by atoms with E-state index in [2.05, 4.69) is 11.4 Å². The van der Waals surface area contributed by atoms with E-state index in [1.165, 1.54) is 17.9 Å². The molecule has 1 aromatic carbocycles. The molecule has 3 fully saturated rings. The fourth-order valence-corrected chi connectivity index (χ4v) is 3.93. The molecule has 1 aliphatic carbocycles. The second-order valence-corrected chi connectivity index (χ2v) is 7.08. The Bertz CT molecular complexity index is 796. The van der Waals surface area contributed by atoms with Gasteiger partial charge in [-0.2, -0.15) is 5.26 Å². The lowest BCUT2D eigenvalue weighted by Gasteiger charge is -2.23. The molecule has 2 aliphatic heterocycles. The van der Waals surface area contributed by atoms with E-state index < -0.39 is 18.0 Å². The van der Waals surface area contributed by atoms with E-state index in [0.29, 0.717) is 36.3 Å². The first-order chi connectivity index (χ1) is 12.5. The molecule has 1 aromatic rings. The van der Waals surface area contributed by atoms with Crippen LogP contribution in [-0.4, -0.2) is 44.3 Å². The summed E-state index contributed by atoms with van der Waals surface area (Å²) in [6.07, 6.45) is -1.01. The molecule has 4 atom stereocenters. The number of nitrogens with one attached hydrogen (secondary N) is 1. The van der Waals surface area contributed by atoms with Crippen LogP contribution in [0.1, 0.15) is 6.92 Å². The minimum absolute atomic E-state index is 0.119. The van der Waals surface area contributed by atoms with Crippen LogP contribution < -0.4 is 15.1 Å². The molecule has 2 heterocycles. The number of hydrogen-bond donors (Lipinski definition) is 1. The van der Waals surface area contributed by atoms with Crippen LogP contribution in [0.4, 0.5) is 20.6 Å². The van der Waals surface area contributed by atoms with Crippen molar-refractivity contribution in [3.05, 3.63) is 24.0 Å². The van der Waals surface area contributed by atoms with Gasteiger partial charge in [-0.1, -0.05) is 0 Å². The van der Waals surface area contributed by atoms with Crippen LogP contribution in [0.15, 0.2) is 18.2 Å². The van der Waals surface area contributed by atoms with Crippen molar-refractivity contribution in [1.29, 1.82) is 5.26 Å². The first kappa shape index (κ1) is 16.6. The third-order valence-corrected chi connectivity index (χ3v) is 5.38. The maximum absolute atomic E-state index is 14.6. The van der Waals surface area contributed by atoms with E-state index in [1.54, 1.807) is 12.1 Å². The summed E-state index contributed by atoms with van der Waals surface area (Å²) in [6.45, 7) is 3.28. The van der Waals surface area contributed by atoms with Crippen LogP contribution in [0.25, 0.3) is 0 Å². The summed E-state index contributed by atoms with van der Waals surface area (Å²) in [5.74, 6) is 0.227. The second-order valence-electron chi connectivity index (χ2n) is 7.08. The Hall–Kier alpha value is -2.82. The van der Waals surface area contributed by atoms with Gasteiger partial charge in [-0.15, -0.1) is 0 Å². The second kappa shape index (κ2) is 6.16. The Balaban J connectivity index is 1.43. The van der Waals surface area contributed by atoms with Crippen LogP contribution in [0.5, 0.6) is 0 Å². The number of fused-ring (bicyclic) bond motifs is 1. The highest BCUT2D eigenvalue weighted by Crippen LogP contribution is 2.52. The number of amides is 2. The van der Waals surface area contributed by atoms with Gasteiger partial charge in [-0.25, -0.2) is 9.18 Å². The molecule has 2 amide bonds. The summed E-state index contributed by atoms with van der Waals surface area (Å²) in [5, 5.41) is 11.6. The van der Waals surface area contributed by atoms with E-state index in [-0.39, 0.29) is 24.9 Å². The predicted molar refractivity (Wildman–Crippen MR) is 91.0 cm³/mol. The normalized spacial score (nSPS) is 29.2. The zero-order valence-electron chi connectivity index (χ0n) is 14.3. The van der Waals surface area contributed by atoms with Crippen LogP contribution in [-0.2, 0) is 9.53 Å². The third kappa shape index (κ3) is 2.83. The van der Waals surface area contributed by atoms with Gasteiger partial charge in [0.1, 0.15) is 11.9 Å². The molecule has 0 radical (unpaired) electrons. The van der Waals surface area contributed by atoms with Crippen molar-refractivity contribution in [3.8, 4) is 6.07 Å². The van der Waals surface area contributed by atoms with Gasteiger partial charge in [0.15, 0.2) is 0 Å². The highest BCUT2D eigenvalue weighted by molar-refractivity contribution is 5.90. The average Bonchev–Trinajstić information content (AvgIpc) is 2.93. The Morgan fingerprint density at radius 2 is 2.12 bits per heavy atom. The number of benzene rings is 1. The molecule has 4 rings (SSSR count). The number of carbonyl (C=O) groups excluding carboxylic acids is 2. The smallest absolute Gasteiger partial charge is 0.414 e. The summed E-state index contributed by atoms with van der Waals surface area (Å²) in [5.41, 5.74) is 0.931. The van der Waals surface area contributed by atoms with Gasteiger partial charge < -0.3 is 15.0 Å². The summed E-state index contributed by atoms with van der Waals surface area (Å²) in [4.78, 5) is 26.3. The maximum Gasteiger partial charge on any atom is 0.414 e. The maximum atomic E-state index is 14.6. The fourth-order valence-electron chi connectivity index (χ4n) is 3.93. The van der Waals surface area contributed by atoms with Crippen molar-refractivity contribution in [2.24, 2.45) is 17.8 Å². The molecule has 1 N–H and O–H groups in total. The van der Waals surface area contributed by atoms with Gasteiger partial charge in [0, 0.05) is 20.0 Å². The molecular formula is C18H19FN4O3. The molecule has 8 heteroatoms. The lowest BCUT2D eigenvalue weighted by atomic mass is 10.2. The fraction of sp³-hybridized carbons (Fsp3) is 0.500. The number of ether oxygens (including phenoxy) is 1. The average molecular weight is 358 g/mol. The van der Waals surface area contributed by atoms with Crippen molar-refractivity contribution < 1.29 is 18.7 Å². The number of carbonyl (C=O) groups is 2. The Morgan fingerprint density at radius 1 is 1.38 bits per heavy atom. The van der Waals surface area contributed by atoms with Crippen molar-refractivity contribution in [2.45, 2.75) is 13.0 Å². The van der Waals surface area contributed by atoms with Crippen molar-refractivity contribution in [3.63, 3.8) is 0 Å². The minimum Gasteiger partial charge on any atom is -0.442 e. The van der Waals surface area contributed by atoms with E-state index in [0.717, 1.165) is 0 Å². The van der Waals surface area contributed by atoms with E-state index in [1.807, 2.05) is 4.90 Å². The molecule has 0 spiro atoms. The van der Waals surface area contributed by atoms with Gasteiger partial charge in [0.25, 0.3) is 0 Å². The van der Waals surface area contributed by atoms with E-state index >= 15 is 0 Å². The number of piperidine rings is 1. The van der Waals surface area contributed by atoms with Crippen LogP contribution in [0.3, 0.4) is 0 Å². The lowest BCUT2D eigenvalue weighted by Crippen LogP contribution is -2.33. The van der Waals surface area contributed by atoms with Gasteiger partial charge in [-0.05, 0) is 30.0 Å². The van der Waals surface area contributed by atoms with Crippen LogP contribution >= 0.6 is 0 Å². The number of halogens is 1. The Morgan fingerprint density at radius 3 is 2.73 bits per heavy atom. The quantitative estimate of drug-likeness (QED) is 0.881. The highest BCUT2D eigenvalue weighted by atomic mass is 19.1. The molecule has 0 aromatic heterocycles. The standard InChI is InChI=1S/C18H19FN4O3/c1-10(24)21-6-12-7-23(18(25)26-12)11-2-3-17(16(19)4-11)22-8-14-13(5-20)15(14)9-22/h2-4,12-15H,6-9H2,1H3,(H,21,24)/t12-,13?,14-,15+/m0/s1. The predicted octanol–water partition coefficient (Wildman–Crippen LogP) is 1.49. The van der Waals surface area contributed by atoms with E-state index in [9.17, 15) is 14.0 Å². The summed E-state index contributed by atoms with van der Waals surface area (Å²) in [7, 11) is 0. The summed E-state index contributed by atoms with van der Waals surface area (Å²) >= 11 is 0. The van der Waals surface area contributed by atoms with E-state index in [4.69, 9.17) is 10.00 Å². The summed E-state index contributed by atoms with van der Waals surface area (Å²) < 4.78 is 19.8. The molecule has 136 valence electrons. The van der Waals surface area contributed by atoms with Crippen LogP contribution in [0.2, 0.25) is 0 Å². The third-order valence-electron chi connectivity index (χ3n) is 5.38. The zero-order chi connectivity index (χ0) is 18.4. The van der Waals surface area contributed by atoms with Gasteiger partial charge in [0.05, 0.1) is 36.5 Å². The highest BCUT2D eigenvalue weighted by Gasteiger charge is 2.56. The van der Waals surface area contributed by atoms with Gasteiger partial charge in [-0.3, -0.25) is 9.69 Å². The first-order valence-electron chi connectivity index (χ1n) is 8.64. The molecule has 0 bridgehead atoms. The molecule has 26 heavy (non-hydrogen) atoms. The monoisotopic (exact) mass is 358 g/mol. The molecule has 1 saturated carbocycles. The zero-order valence-corrected chi connectivity index (χ0v) is 14.3. The number of nitrogens with zero attached hydrogens (tertiary/aromatic N) is 3. The van der Waals surface area contributed by atoms with Crippen molar-refractivity contribution in [2.75, 3.05) is 36.0 Å². The van der Waals surface area contributed by atoms with Gasteiger partial charge >= 0.3 is 6.09 Å². The number of hydrogen-bond acceptors (Lipinski definition) is 5. The SMILES string of the molecule is CC(=O)NC[C@H]1CN(c2ccc(N3C[C@@H]4C(C#N)[C@@H]4C3)c(F)c2)C(=O)O1. The minimum atomic E-state index is -0.549. The number of cyclic esters (lactones) is 1. The largest absolute Gasteiger partial charge is 0.442 e. The van der Waals surface area contributed by atoms with Crippen molar-refractivity contribution in [1.82, 2.24) is 5.32 Å². The Kier molecular flexibility index (Phi) is 3.94. The lowest BCUT2D eigenvalue weighted by molar-refractivity contribution is -0.119. The number of anilines is 2. The van der Waals surface area contributed by atoms with Crippen molar-refractivity contribution >= 4 is 23.4 Å². The molecular weight excluding hydrogens is 339 g/mol. The van der Waals surface area contributed by atoms with Gasteiger partial charge in [0.2, 0.25) is 5.91 Å². The molecule has 2 saturated heterocycles. The van der Waals surface area contributed by atoms with Crippen LogP contribution in [0, 0.1) is 34.9 Å². The molecule has 1 unspecified atom stereocenters. The summed E-state index contributed by atoms with van der Waals surface area (Å²) in [6, 6.07) is 7.00. The topological polar surface area (TPSA) is 85.7 Å². The molecule has 7 nitrogen and oxygen atoms in total. The molecule has 3 aliphatic rings. The Labute approximate surface area is 150 Å². The number of nitriles is 1.